The second kappa shape index (κ2) is 4.39. The molecule has 0 fully saturated rings. The van der Waals surface area contributed by atoms with E-state index in [-0.39, 0.29) is 6.04 Å². The van der Waals surface area contributed by atoms with Crippen LogP contribution in [0, 0.1) is 10.5 Å². The molecule has 13 heavy (non-hydrogen) atoms. The Balaban J connectivity index is 2.97. The Morgan fingerprint density at radius 1 is 1.46 bits per heavy atom. The second-order valence-electron chi connectivity index (χ2n) is 3.28. The minimum Gasteiger partial charge on any atom is -0.391 e. The number of rotatable bonds is 2. The number of aliphatic hydroxyl groups is 1. The fourth-order valence-corrected chi connectivity index (χ4v) is 1.63. The molecule has 3 N–H and O–H groups in total. The monoisotopic (exact) mass is 291 g/mol. The van der Waals surface area contributed by atoms with E-state index >= 15 is 0 Å². The Labute approximate surface area is 92.3 Å². The van der Waals surface area contributed by atoms with Crippen LogP contribution in [0.2, 0.25) is 0 Å². The van der Waals surface area contributed by atoms with Crippen LogP contribution in [0.15, 0.2) is 18.2 Å². The molecule has 0 unspecified atom stereocenters. The summed E-state index contributed by atoms with van der Waals surface area (Å²) >= 11 is 2.27. The Morgan fingerprint density at radius 3 is 2.54 bits per heavy atom. The minimum atomic E-state index is -0.501. The van der Waals surface area contributed by atoms with Gasteiger partial charge in [0.2, 0.25) is 0 Å². The molecule has 72 valence electrons. The summed E-state index contributed by atoms with van der Waals surface area (Å²) in [4.78, 5) is 0. The molecule has 2 atom stereocenters. The van der Waals surface area contributed by atoms with Gasteiger partial charge in [0.15, 0.2) is 0 Å². The number of aryl methyl sites for hydroxylation is 1. The molecule has 0 amide bonds. The lowest BCUT2D eigenvalue weighted by Crippen LogP contribution is -2.23. The van der Waals surface area contributed by atoms with E-state index in [2.05, 4.69) is 29.5 Å². The van der Waals surface area contributed by atoms with Crippen molar-refractivity contribution in [2.45, 2.75) is 26.0 Å². The van der Waals surface area contributed by atoms with Gasteiger partial charge >= 0.3 is 0 Å². The van der Waals surface area contributed by atoms with E-state index in [4.69, 9.17) is 5.73 Å². The lowest BCUT2D eigenvalue weighted by atomic mass is 10.0. The second-order valence-corrected chi connectivity index (χ2v) is 4.44. The normalized spacial score (nSPS) is 15.5. The molecule has 0 aliphatic carbocycles. The summed E-state index contributed by atoms with van der Waals surface area (Å²) in [6, 6.07) is 5.73. The van der Waals surface area contributed by atoms with Crippen LogP contribution in [0.1, 0.15) is 24.1 Å². The highest BCUT2D eigenvalue weighted by molar-refractivity contribution is 14.1. The van der Waals surface area contributed by atoms with Crippen LogP contribution in [0.25, 0.3) is 0 Å². The molecule has 3 heteroatoms. The summed E-state index contributed by atoms with van der Waals surface area (Å²) in [7, 11) is 0. The number of hydrogen-bond acceptors (Lipinski definition) is 2. The van der Waals surface area contributed by atoms with Gasteiger partial charge in [0.1, 0.15) is 0 Å². The molecule has 0 spiro atoms. The SMILES string of the molecule is Cc1ccc([C@@H](N)[C@H](C)O)cc1I. The van der Waals surface area contributed by atoms with Gasteiger partial charge in [0.05, 0.1) is 12.1 Å². The molecule has 2 nitrogen and oxygen atoms in total. The molecule has 0 saturated heterocycles. The van der Waals surface area contributed by atoms with E-state index in [9.17, 15) is 5.11 Å². The average molecular weight is 291 g/mol. The largest absolute Gasteiger partial charge is 0.391 e. The first-order chi connectivity index (χ1) is 6.02. The van der Waals surface area contributed by atoms with Gasteiger partial charge < -0.3 is 10.8 Å². The minimum absolute atomic E-state index is 0.283. The first-order valence-electron chi connectivity index (χ1n) is 4.22. The molecule has 0 aliphatic heterocycles. The molecule has 0 aliphatic rings. The summed E-state index contributed by atoms with van der Waals surface area (Å²) in [5, 5.41) is 9.31. The highest BCUT2D eigenvalue weighted by atomic mass is 127. The maximum Gasteiger partial charge on any atom is 0.0704 e. The summed E-state index contributed by atoms with van der Waals surface area (Å²) in [5.74, 6) is 0. The summed E-state index contributed by atoms with van der Waals surface area (Å²) < 4.78 is 1.19. The van der Waals surface area contributed by atoms with Crippen molar-refractivity contribution in [3.63, 3.8) is 0 Å². The van der Waals surface area contributed by atoms with Crippen molar-refractivity contribution in [1.29, 1.82) is 0 Å². The van der Waals surface area contributed by atoms with Gasteiger partial charge in [-0.15, -0.1) is 0 Å². The van der Waals surface area contributed by atoms with Crippen molar-refractivity contribution in [3.05, 3.63) is 32.9 Å². The smallest absolute Gasteiger partial charge is 0.0704 e. The number of nitrogens with two attached hydrogens (primary N) is 1. The van der Waals surface area contributed by atoms with Crippen molar-refractivity contribution in [1.82, 2.24) is 0 Å². The molecule has 1 aromatic carbocycles. The lowest BCUT2D eigenvalue weighted by Gasteiger charge is -2.15. The number of halogens is 1. The third-order valence-corrected chi connectivity index (χ3v) is 3.26. The number of hydrogen-bond donors (Lipinski definition) is 2. The Bertz CT molecular complexity index is 299. The van der Waals surface area contributed by atoms with Crippen molar-refractivity contribution >= 4 is 22.6 Å². The van der Waals surface area contributed by atoms with Crippen LogP contribution in [-0.2, 0) is 0 Å². The highest BCUT2D eigenvalue weighted by Gasteiger charge is 2.12. The van der Waals surface area contributed by atoms with Crippen LogP contribution < -0.4 is 5.73 Å². The highest BCUT2D eigenvalue weighted by Crippen LogP contribution is 2.19. The molecule has 1 aromatic rings. The molecular weight excluding hydrogens is 277 g/mol. The van der Waals surface area contributed by atoms with E-state index < -0.39 is 6.10 Å². The molecule has 0 heterocycles. The third kappa shape index (κ3) is 2.65. The van der Waals surface area contributed by atoms with Gasteiger partial charge in [-0.1, -0.05) is 12.1 Å². The Kier molecular flexibility index (Phi) is 3.70. The van der Waals surface area contributed by atoms with E-state index in [0.717, 1.165) is 5.56 Å². The quantitative estimate of drug-likeness (QED) is 0.818. The fraction of sp³-hybridized carbons (Fsp3) is 0.400. The predicted molar refractivity (Wildman–Crippen MR) is 62.5 cm³/mol. The number of aliphatic hydroxyl groups excluding tert-OH is 1. The molecule has 0 saturated carbocycles. The summed E-state index contributed by atoms with van der Waals surface area (Å²) in [6.45, 7) is 3.76. The molecular formula is C10H14INO. The first kappa shape index (κ1) is 10.9. The zero-order chi connectivity index (χ0) is 10.0. The molecule has 0 radical (unpaired) electrons. The average Bonchev–Trinajstić information content (AvgIpc) is 2.08. The fourth-order valence-electron chi connectivity index (χ4n) is 1.09. The van der Waals surface area contributed by atoms with Crippen molar-refractivity contribution in [2.75, 3.05) is 0 Å². The molecule has 0 bridgehead atoms. The van der Waals surface area contributed by atoms with E-state index in [1.807, 2.05) is 18.2 Å². The maximum atomic E-state index is 9.31. The zero-order valence-electron chi connectivity index (χ0n) is 7.79. The van der Waals surface area contributed by atoms with Gasteiger partial charge in [0, 0.05) is 3.57 Å². The van der Waals surface area contributed by atoms with Crippen LogP contribution >= 0.6 is 22.6 Å². The van der Waals surface area contributed by atoms with Gasteiger partial charge in [0.25, 0.3) is 0 Å². The standard InChI is InChI=1S/C10H14INO/c1-6-3-4-8(5-9(6)11)10(12)7(2)13/h3-5,7,10,13H,12H2,1-2H3/t7-,10-/m0/s1. The van der Waals surface area contributed by atoms with E-state index in [0.29, 0.717) is 0 Å². The van der Waals surface area contributed by atoms with Crippen molar-refractivity contribution in [3.8, 4) is 0 Å². The van der Waals surface area contributed by atoms with Crippen LogP contribution in [0.5, 0.6) is 0 Å². The van der Waals surface area contributed by atoms with Gasteiger partial charge in [-0.05, 0) is 53.6 Å². The molecule has 0 aromatic heterocycles. The van der Waals surface area contributed by atoms with Crippen molar-refractivity contribution in [2.24, 2.45) is 5.73 Å². The van der Waals surface area contributed by atoms with Crippen LogP contribution in [0.3, 0.4) is 0 Å². The summed E-state index contributed by atoms with van der Waals surface area (Å²) in [6.07, 6.45) is -0.501. The van der Waals surface area contributed by atoms with Crippen molar-refractivity contribution < 1.29 is 5.11 Å². The van der Waals surface area contributed by atoms with E-state index in [1.54, 1.807) is 6.92 Å². The third-order valence-electron chi connectivity index (χ3n) is 2.10. The van der Waals surface area contributed by atoms with Crippen LogP contribution in [-0.4, -0.2) is 11.2 Å². The lowest BCUT2D eigenvalue weighted by molar-refractivity contribution is 0.164. The summed E-state index contributed by atoms with van der Waals surface area (Å²) in [5.41, 5.74) is 8.03. The topological polar surface area (TPSA) is 46.2 Å². The van der Waals surface area contributed by atoms with Gasteiger partial charge in [-0.25, -0.2) is 0 Å². The maximum absolute atomic E-state index is 9.31. The van der Waals surface area contributed by atoms with Gasteiger partial charge in [-0.2, -0.15) is 0 Å². The Hall–Kier alpha value is -0.130. The van der Waals surface area contributed by atoms with E-state index in [1.165, 1.54) is 9.13 Å². The van der Waals surface area contributed by atoms with Crippen LogP contribution in [0.4, 0.5) is 0 Å². The first-order valence-corrected chi connectivity index (χ1v) is 5.30. The zero-order valence-corrected chi connectivity index (χ0v) is 9.95. The predicted octanol–water partition coefficient (Wildman–Crippen LogP) is 1.98. The molecule has 1 rings (SSSR count). The van der Waals surface area contributed by atoms with Gasteiger partial charge in [-0.3, -0.25) is 0 Å². The number of benzene rings is 1. The Morgan fingerprint density at radius 2 is 2.08 bits per heavy atom.